The molecule has 0 radical (unpaired) electrons. The number of imidazole rings is 1. The van der Waals surface area contributed by atoms with Gasteiger partial charge in [-0.3, -0.25) is 4.79 Å². The Balaban J connectivity index is 1.34. The number of nitrogens with one attached hydrogen (secondary N) is 2. The summed E-state index contributed by atoms with van der Waals surface area (Å²) in [6.07, 6.45) is 6.48. The number of halogens is 2. The number of aromatic amines is 1. The molecule has 4 atom stereocenters. The summed E-state index contributed by atoms with van der Waals surface area (Å²) in [6, 6.07) is -0.128. The number of hydrogen-bond donors (Lipinski definition) is 3. The number of alkyl halides is 2. The smallest absolute Gasteiger partial charge is 0.248 e. The van der Waals surface area contributed by atoms with Gasteiger partial charge in [0.25, 0.3) is 0 Å². The maximum atomic E-state index is 13.6. The van der Waals surface area contributed by atoms with E-state index in [0.29, 0.717) is 25.2 Å². The van der Waals surface area contributed by atoms with E-state index < -0.39 is 17.9 Å². The minimum atomic E-state index is -2.57. The zero-order chi connectivity index (χ0) is 20.9. The number of rotatable bonds is 5. The molecule has 0 unspecified atom stereocenters. The minimum absolute atomic E-state index is 0.00390. The van der Waals surface area contributed by atoms with Gasteiger partial charge < -0.3 is 20.3 Å². The highest BCUT2D eigenvalue weighted by Gasteiger charge is 2.49. The van der Waals surface area contributed by atoms with Gasteiger partial charge in [-0.2, -0.15) is 0 Å². The Labute approximate surface area is 175 Å². The summed E-state index contributed by atoms with van der Waals surface area (Å²) in [4.78, 5) is 22.9. The van der Waals surface area contributed by atoms with Gasteiger partial charge in [-0.25, -0.2) is 13.8 Å². The van der Waals surface area contributed by atoms with Crippen LogP contribution in [-0.2, 0) is 4.79 Å². The van der Waals surface area contributed by atoms with Crippen molar-refractivity contribution in [3.8, 4) is 0 Å². The molecular formula is C22H32F2N4O2. The van der Waals surface area contributed by atoms with Crippen molar-refractivity contribution >= 4 is 5.91 Å². The van der Waals surface area contributed by atoms with Gasteiger partial charge in [-0.15, -0.1) is 0 Å². The van der Waals surface area contributed by atoms with Gasteiger partial charge in [-0.1, -0.05) is 0 Å². The van der Waals surface area contributed by atoms with E-state index in [-0.39, 0.29) is 36.8 Å². The second-order valence-electron chi connectivity index (χ2n) is 9.79. The maximum Gasteiger partial charge on any atom is 0.248 e. The highest BCUT2D eigenvalue weighted by molar-refractivity contribution is 5.80. The fourth-order valence-corrected chi connectivity index (χ4v) is 5.63. The molecule has 3 saturated carbocycles. The van der Waals surface area contributed by atoms with E-state index in [9.17, 15) is 18.7 Å². The van der Waals surface area contributed by atoms with Crippen LogP contribution < -0.4 is 5.32 Å². The van der Waals surface area contributed by atoms with Crippen LogP contribution in [-0.4, -0.2) is 63.1 Å². The maximum absolute atomic E-state index is 13.6. The van der Waals surface area contributed by atoms with Crippen molar-refractivity contribution in [1.29, 1.82) is 0 Å². The van der Waals surface area contributed by atoms with Crippen molar-refractivity contribution in [3.63, 3.8) is 0 Å². The molecular weight excluding hydrogens is 390 g/mol. The predicted molar refractivity (Wildman–Crippen MR) is 107 cm³/mol. The number of carbonyl (C=O) groups excluding carboxylic acids is 1. The average Bonchev–Trinajstić information content (AvgIpc) is 3.12. The lowest BCUT2D eigenvalue weighted by atomic mass is 9.90. The Bertz CT molecular complexity index is 765. The molecule has 0 spiro atoms. The van der Waals surface area contributed by atoms with Crippen molar-refractivity contribution in [2.75, 3.05) is 13.1 Å². The molecule has 1 aromatic heterocycles. The molecule has 30 heavy (non-hydrogen) atoms. The Kier molecular flexibility index (Phi) is 5.34. The van der Waals surface area contributed by atoms with E-state index in [4.69, 9.17) is 0 Å². The molecule has 4 aliphatic rings. The summed E-state index contributed by atoms with van der Waals surface area (Å²) in [5.74, 6) is -1.82. The molecule has 2 heterocycles. The molecule has 1 amide bonds. The van der Waals surface area contributed by atoms with E-state index >= 15 is 0 Å². The van der Waals surface area contributed by atoms with Crippen LogP contribution in [0.25, 0.3) is 0 Å². The highest BCUT2D eigenvalue weighted by atomic mass is 19.3. The van der Waals surface area contributed by atoms with Crippen molar-refractivity contribution in [2.24, 2.45) is 5.92 Å². The molecule has 3 N–H and O–H groups in total. The molecule has 6 nitrogen and oxygen atoms in total. The molecule has 1 saturated heterocycles. The summed E-state index contributed by atoms with van der Waals surface area (Å²) < 4.78 is 27.2. The van der Waals surface area contributed by atoms with Crippen LogP contribution in [0.15, 0.2) is 6.20 Å². The summed E-state index contributed by atoms with van der Waals surface area (Å²) in [7, 11) is 0. The number of nitrogens with zero attached hydrogens (tertiary/aromatic N) is 2. The number of hydrogen-bond acceptors (Lipinski definition) is 4. The van der Waals surface area contributed by atoms with E-state index in [1.165, 1.54) is 0 Å². The standard InChI is InChI=1S/C22H32F2N4O2/c23-22(24)7-5-14(6-8-22)26-16-11-15(21(30)28-9-1-2-10-28)19(29)18(16)17-12-25-20(27-17)13-3-4-13/h12-16,18-19,26,29H,1-11H2,(H,25,27)/t15-,16+,18+,19+/m0/s1. The second-order valence-corrected chi connectivity index (χ2v) is 9.79. The molecule has 3 aliphatic carbocycles. The van der Waals surface area contributed by atoms with Crippen molar-refractivity contribution < 1.29 is 18.7 Å². The van der Waals surface area contributed by atoms with E-state index in [1.54, 1.807) is 6.20 Å². The van der Waals surface area contributed by atoms with Gasteiger partial charge in [0.15, 0.2) is 0 Å². The number of likely N-dealkylation sites (tertiary alicyclic amines) is 1. The van der Waals surface area contributed by atoms with Crippen LogP contribution in [0.3, 0.4) is 0 Å². The van der Waals surface area contributed by atoms with Crippen molar-refractivity contribution in [1.82, 2.24) is 20.2 Å². The van der Waals surface area contributed by atoms with E-state index in [2.05, 4.69) is 15.3 Å². The first-order valence-corrected chi connectivity index (χ1v) is 11.6. The summed E-state index contributed by atoms with van der Waals surface area (Å²) >= 11 is 0. The van der Waals surface area contributed by atoms with Gasteiger partial charge in [0.05, 0.1) is 12.0 Å². The Morgan fingerprint density at radius 3 is 2.57 bits per heavy atom. The van der Waals surface area contributed by atoms with E-state index in [0.717, 1.165) is 50.3 Å². The lowest BCUT2D eigenvalue weighted by Gasteiger charge is -2.33. The van der Waals surface area contributed by atoms with Gasteiger partial charge in [-0.05, 0) is 44.9 Å². The Morgan fingerprint density at radius 1 is 1.20 bits per heavy atom. The molecule has 5 rings (SSSR count). The molecule has 166 valence electrons. The number of H-pyrrole nitrogens is 1. The molecule has 1 aromatic rings. The molecule has 0 aromatic carbocycles. The third-order valence-electron chi connectivity index (χ3n) is 7.56. The third kappa shape index (κ3) is 4.00. The fraction of sp³-hybridized carbons (Fsp3) is 0.818. The van der Waals surface area contributed by atoms with Crippen LogP contribution in [0.5, 0.6) is 0 Å². The van der Waals surface area contributed by atoms with Crippen LogP contribution in [0, 0.1) is 5.92 Å². The second kappa shape index (κ2) is 7.86. The van der Waals surface area contributed by atoms with Gasteiger partial charge in [0.2, 0.25) is 11.8 Å². The summed E-state index contributed by atoms with van der Waals surface area (Å²) in [6.45, 7) is 1.52. The fourth-order valence-electron chi connectivity index (χ4n) is 5.63. The lowest BCUT2D eigenvalue weighted by molar-refractivity contribution is -0.137. The average molecular weight is 423 g/mol. The largest absolute Gasteiger partial charge is 0.392 e. The third-order valence-corrected chi connectivity index (χ3v) is 7.56. The molecule has 1 aliphatic heterocycles. The monoisotopic (exact) mass is 422 g/mol. The predicted octanol–water partition coefficient (Wildman–Crippen LogP) is 2.91. The zero-order valence-corrected chi connectivity index (χ0v) is 17.3. The quantitative estimate of drug-likeness (QED) is 0.682. The molecule has 4 fully saturated rings. The number of aromatic nitrogens is 2. The Hall–Kier alpha value is -1.54. The lowest BCUT2D eigenvalue weighted by Crippen LogP contribution is -2.44. The topological polar surface area (TPSA) is 81.2 Å². The SMILES string of the molecule is O=C([C@H]1C[C@@H](NC2CCC(F)(F)CC2)[C@H](c2cnc(C3CC3)[nH]2)[C@@H]1O)N1CCCC1. The number of aliphatic hydroxyl groups is 1. The van der Waals surface area contributed by atoms with Crippen LogP contribution in [0.1, 0.15) is 81.1 Å². The molecule has 8 heteroatoms. The van der Waals surface area contributed by atoms with Crippen LogP contribution in [0.2, 0.25) is 0 Å². The van der Waals surface area contributed by atoms with Gasteiger partial charge in [0, 0.05) is 61.7 Å². The number of aliphatic hydroxyl groups excluding tert-OH is 1. The van der Waals surface area contributed by atoms with Gasteiger partial charge in [0.1, 0.15) is 5.82 Å². The minimum Gasteiger partial charge on any atom is -0.392 e. The van der Waals surface area contributed by atoms with Crippen LogP contribution >= 0.6 is 0 Å². The molecule has 0 bridgehead atoms. The normalized spacial score (nSPS) is 34.6. The first-order valence-electron chi connectivity index (χ1n) is 11.6. The summed E-state index contributed by atoms with van der Waals surface area (Å²) in [5.41, 5.74) is 0.861. The number of amides is 1. The van der Waals surface area contributed by atoms with Crippen LogP contribution in [0.4, 0.5) is 8.78 Å². The van der Waals surface area contributed by atoms with Crippen molar-refractivity contribution in [2.45, 2.75) is 93.7 Å². The number of carbonyl (C=O) groups is 1. The van der Waals surface area contributed by atoms with Gasteiger partial charge >= 0.3 is 0 Å². The Morgan fingerprint density at radius 2 is 1.90 bits per heavy atom. The van der Waals surface area contributed by atoms with Crippen molar-refractivity contribution in [3.05, 3.63) is 17.7 Å². The first kappa shape index (κ1) is 20.4. The highest BCUT2D eigenvalue weighted by Crippen LogP contribution is 2.43. The van der Waals surface area contributed by atoms with E-state index in [1.807, 2.05) is 4.90 Å². The summed E-state index contributed by atoms with van der Waals surface area (Å²) in [5, 5.41) is 14.8. The zero-order valence-electron chi connectivity index (χ0n) is 17.3. The first-order chi connectivity index (χ1) is 14.4.